The number of amides is 8. The lowest BCUT2D eigenvalue weighted by atomic mass is 9.85. The molecule has 0 saturated carbocycles. The lowest BCUT2D eigenvalue weighted by molar-refractivity contribution is -0.144. The lowest BCUT2D eigenvalue weighted by Gasteiger charge is -2.32. The number of Topliss-reactive ketones (excluding diaryl/α,β-unsaturated/α-hetero) is 2. The number of fused-ring (bicyclic) bond motifs is 5. The SMILES string of the molecule is CC[C@H](C)[C@@H]1CC(=O)CNC(=O)[C@H]2CC(=O)[C@H]([C@@H](C)[C@@H](O)CO)NC(=O)[C@@H]3C[C@@H](O)CN3C(=O)[C@H](CC(N)=O)NC(=O)[C@@H](CS(=O)c3[nH]c4c(CSCCOCCOCCOCCOCCOCCOCCOCCN/C=C(\N)CNC(=O)CC(C)C(=O)O)c(OC)ccc4c3C2)NC(=O)CNC1=O. The van der Waals surface area contributed by atoms with E-state index in [1.54, 1.807) is 32.2 Å². The average molecular weight is 1510 g/mol. The van der Waals surface area contributed by atoms with E-state index in [0.29, 0.717) is 126 Å². The monoisotopic (exact) mass is 1510 g/mol. The molecule has 2 unspecified atom stereocenters. The van der Waals surface area contributed by atoms with Gasteiger partial charge in [-0.05, 0) is 30.0 Å². The molecule has 12 atom stereocenters. The number of benzene rings is 1. The molecule has 8 amide bonds. The number of aromatic nitrogens is 1. The van der Waals surface area contributed by atoms with Crippen LogP contribution in [0.1, 0.15) is 77.3 Å². The van der Waals surface area contributed by atoms with E-state index in [2.05, 4.69) is 42.2 Å². The van der Waals surface area contributed by atoms with Crippen molar-refractivity contribution in [1.82, 2.24) is 47.1 Å². The van der Waals surface area contributed by atoms with Gasteiger partial charge in [0.05, 0.1) is 179 Å². The first-order chi connectivity index (χ1) is 49.8. The third-order valence-electron chi connectivity index (χ3n) is 17.6. The topological polar surface area (TPSA) is 515 Å². The number of aromatic amines is 1. The minimum Gasteiger partial charge on any atom is -0.496 e. The van der Waals surface area contributed by atoms with Crippen LogP contribution in [-0.4, -0.2) is 286 Å². The third-order valence-corrected chi connectivity index (χ3v) is 20.0. The number of rotatable bonds is 40. The van der Waals surface area contributed by atoms with Crippen molar-refractivity contribution >= 4 is 98.3 Å². The maximum absolute atomic E-state index is 15.4. The van der Waals surface area contributed by atoms with Crippen LogP contribution in [0.15, 0.2) is 29.1 Å². The molecule has 16 N–H and O–H groups in total. The summed E-state index contributed by atoms with van der Waals surface area (Å²) in [6.45, 7) is 8.93. The predicted molar refractivity (Wildman–Crippen MR) is 376 cm³/mol. The normalized spacial score (nSPS) is 22.6. The highest BCUT2D eigenvalue weighted by molar-refractivity contribution is 7.98. The number of carbonyl (C=O) groups is 11. The van der Waals surface area contributed by atoms with Gasteiger partial charge in [0.25, 0.3) is 0 Å². The fourth-order valence-electron chi connectivity index (χ4n) is 11.4. The van der Waals surface area contributed by atoms with Gasteiger partial charge < -0.3 is 117 Å². The van der Waals surface area contributed by atoms with E-state index in [4.69, 9.17) is 54.5 Å². The highest BCUT2D eigenvalue weighted by atomic mass is 32.2. The summed E-state index contributed by atoms with van der Waals surface area (Å²) < 4.78 is 60.4. The highest BCUT2D eigenvalue weighted by Crippen LogP contribution is 2.37. The molecule has 2 aromatic rings. The quantitative estimate of drug-likeness (QED) is 0.0288. The van der Waals surface area contributed by atoms with Crippen molar-refractivity contribution in [2.75, 3.05) is 150 Å². The van der Waals surface area contributed by atoms with Crippen LogP contribution in [0.5, 0.6) is 5.75 Å². The van der Waals surface area contributed by atoms with E-state index >= 15 is 9.00 Å². The molecule has 37 heteroatoms. The molecular formula is C67H105N11O24S2. The molecule has 1 fully saturated rings. The van der Waals surface area contributed by atoms with Crippen molar-refractivity contribution in [2.24, 2.45) is 41.1 Å². The van der Waals surface area contributed by atoms with E-state index in [1.165, 1.54) is 32.7 Å². The first kappa shape index (κ1) is 87.2. The molecule has 35 nitrogen and oxygen atoms in total. The highest BCUT2D eigenvalue weighted by Gasteiger charge is 2.45. The second-order valence-corrected chi connectivity index (χ2v) is 28.0. The number of hydrogen-bond acceptors (Lipinski definition) is 26. The molecule has 4 heterocycles. The minimum absolute atomic E-state index is 0.0860. The number of thioether (sulfide) groups is 1. The van der Waals surface area contributed by atoms with Crippen molar-refractivity contribution in [3.8, 4) is 5.75 Å². The van der Waals surface area contributed by atoms with Crippen LogP contribution in [0.3, 0.4) is 0 Å². The standard InChI is InChI=1S/C67H105N11O24S2/c1-6-39(2)47-28-44(80)33-72-61(87)42-26-48-46-7-8-55(95-5)49(37-103-24-23-102-22-21-101-20-19-100-18-17-99-16-15-98-14-13-97-12-11-96-10-9-70-31-43(68)32-71-57(85)25-40(3)67(92)93)60(46)77-65(48)104(94)38-51(74-58(86)34-73-62(47)88)63(89)75-50(30-56(69)84)66(91)78-35-45(81)29-52(78)64(90)76-59(53(82)27-42)41(4)54(83)36-79/h7-8,31,39-42,45,47,50-52,54,59,70,77,79,81,83H,6,9-30,32-38,68H2,1-5H3,(H2,69,84)(H,71,85)(H,72,87)(H,73,88)(H,74,86)(H,75,89)(H,76,90)(H,92,93)/b43-31-/t39-,40?,41-,42+,45+,47-,50-,51+,52-,54-,59-,104?/m0/s1. The largest absolute Gasteiger partial charge is 0.496 e. The van der Waals surface area contributed by atoms with Gasteiger partial charge in [0.15, 0.2) is 11.6 Å². The Balaban J connectivity index is 1.21. The Morgan fingerprint density at radius 3 is 1.97 bits per heavy atom. The Labute approximate surface area is 610 Å². The molecule has 0 radical (unpaired) electrons. The van der Waals surface area contributed by atoms with Gasteiger partial charge in [-0.2, -0.15) is 11.8 Å². The number of carbonyl (C=O) groups excluding carboxylic acids is 10. The summed E-state index contributed by atoms with van der Waals surface area (Å²) in [7, 11) is -0.969. The summed E-state index contributed by atoms with van der Waals surface area (Å²) >= 11 is 1.45. The van der Waals surface area contributed by atoms with Gasteiger partial charge in [0, 0.05) is 90.9 Å². The average Bonchev–Trinajstić information content (AvgIpc) is 1.61. The number of carboxylic acid groups (broad SMARTS) is 1. The number of ketones is 2. The van der Waals surface area contributed by atoms with E-state index in [9.17, 15) is 63.3 Å². The zero-order valence-electron chi connectivity index (χ0n) is 59.7. The molecule has 3 aliphatic rings. The van der Waals surface area contributed by atoms with Crippen LogP contribution in [-0.2, 0) is 109 Å². The van der Waals surface area contributed by atoms with Crippen LogP contribution in [0.2, 0.25) is 0 Å². The number of nitrogens with one attached hydrogen (secondary N) is 8. The van der Waals surface area contributed by atoms with Crippen LogP contribution in [0, 0.1) is 29.6 Å². The second-order valence-electron chi connectivity index (χ2n) is 25.4. The first-order valence-corrected chi connectivity index (χ1v) is 37.2. The van der Waals surface area contributed by atoms with E-state index < -0.39 is 199 Å². The molecular weight excluding hydrogens is 1410 g/mol. The Morgan fingerprint density at radius 2 is 1.38 bits per heavy atom. The van der Waals surface area contributed by atoms with Gasteiger partial charge >= 0.3 is 5.97 Å². The van der Waals surface area contributed by atoms with Crippen LogP contribution >= 0.6 is 11.8 Å². The number of primary amides is 1. The number of ether oxygens (including phenoxy) is 8. The second kappa shape index (κ2) is 46.5. The van der Waals surface area contributed by atoms with Crippen molar-refractivity contribution in [3.05, 3.63) is 35.2 Å². The fraction of sp³-hybridized carbons (Fsp3) is 0.687. The third kappa shape index (κ3) is 29.1. The molecule has 104 heavy (non-hydrogen) atoms. The van der Waals surface area contributed by atoms with E-state index in [0.717, 1.165) is 4.90 Å². The van der Waals surface area contributed by atoms with Gasteiger partial charge in [0.1, 0.15) is 28.9 Å². The van der Waals surface area contributed by atoms with Crippen molar-refractivity contribution in [3.63, 3.8) is 0 Å². The summed E-state index contributed by atoms with van der Waals surface area (Å²) in [4.78, 5) is 155. The van der Waals surface area contributed by atoms with Gasteiger partial charge in [-0.25, -0.2) is 0 Å². The maximum atomic E-state index is 15.4. The van der Waals surface area contributed by atoms with Crippen molar-refractivity contribution < 1.29 is 115 Å². The molecule has 1 saturated heterocycles. The van der Waals surface area contributed by atoms with Crippen molar-refractivity contribution in [2.45, 2.75) is 120 Å². The number of nitrogens with zero attached hydrogens (tertiary/aromatic N) is 1. The maximum Gasteiger partial charge on any atom is 0.306 e. The van der Waals surface area contributed by atoms with E-state index in [1.807, 2.05) is 0 Å². The summed E-state index contributed by atoms with van der Waals surface area (Å²) in [6, 6.07) is -3.68. The van der Waals surface area contributed by atoms with Gasteiger partial charge in [-0.1, -0.05) is 34.1 Å². The molecule has 0 aliphatic carbocycles. The summed E-state index contributed by atoms with van der Waals surface area (Å²) in [6.07, 6.45) is -3.98. The molecule has 1 aromatic heterocycles. The Bertz CT molecular complexity index is 3240. The fourth-order valence-corrected chi connectivity index (χ4v) is 13.7. The summed E-state index contributed by atoms with van der Waals surface area (Å²) in [5, 5.41) is 59.5. The molecule has 0 spiro atoms. The molecule has 1 aromatic carbocycles. The van der Waals surface area contributed by atoms with Crippen molar-refractivity contribution in [1.29, 1.82) is 0 Å². The van der Waals surface area contributed by atoms with Gasteiger partial charge in [0.2, 0.25) is 47.3 Å². The van der Waals surface area contributed by atoms with Gasteiger partial charge in [-0.15, -0.1) is 0 Å². The lowest BCUT2D eigenvalue weighted by Crippen LogP contribution is -2.60. The number of carboxylic acids is 1. The smallest absolute Gasteiger partial charge is 0.306 e. The summed E-state index contributed by atoms with van der Waals surface area (Å²) in [5.74, 6) is -14.4. The number of H-pyrrole nitrogens is 1. The van der Waals surface area contributed by atoms with Crippen LogP contribution in [0.4, 0.5) is 0 Å². The molecule has 2 bridgehead atoms. The van der Waals surface area contributed by atoms with Crippen LogP contribution < -0.4 is 53.4 Å². The Hall–Kier alpha value is -7.43. The Kier molecular flexibility index (Phi) is 39.0. The number of aliphatic carboxylic acids is 1. The zero-order valence-corrected chi connectivity index (χ0v) is 61.3. The summed E-state index contributed by atoms with van der Waals surface area (Å²) in [5.41, 5.74) is 12.9. The molecule has 5 rings (SSSR count). The van der Waals surface area contributed by atoms with Gasteiger partial charge in [-0.3, -0.25) is 56.9 Å². The Morgan fingerprint density at radius 1 is 0.779 bits per heavy atom. The molecule has 584 valence electrons. The molecule has 3 aliphatic heterocycles. The number of hydrogen-bond donors (Lipinski definition) is 14. The number of aliphatic hydroxyl groups is 3. The van der Waals surface area contributed by atoms with E-state index in [-0.39, 0.29) is 48.9 Å². The van der Waals surface area contributed by atoms with Crippen LogP contribution in [0.25, 0.3) is 10.9 Å². The predicted octanol–water partition coefficient (Wildman–Crippen LogP) is -3.47. The number of methoxy groups -OCH3 is 1. The number of nitrogens with two attached hydrogens (primary N) is 2. The first-order valence-electron chi connectivity index (χ1n) is 34.7. The number of aliphatic hydroxyl groups excluding tert-OH is 3. The minimum atomic E-state index is -2.41. The zero-order chi connectivity index (χ0) is 76.3.